The number of carbonyl (C=O) groups is 1. The third kappa shape index (κ3) is 11.3. The fourth-order valence-corrected chi connectivity index (χ4v) is 2.55. The Hall–Kier alpha value is -2.34. The number of nitrogens with one attached hydrogen (secondary N) is 2. The Balaban J connectivity index is 0.00000512. The number of hydrogen-bond acceptors (Lipinski definition) is 3. The van der Waals surface area contributed by atoms with Crippen molar-refractivity contribution < 1.29 is 22.7 Å². The molecule has 0 saturated carbocycles. The third-order valence-corrected chi connectivity index (χ3v) is 4.15. The zero-order valence-corrected chi connectivity index (χ0v) is 20.3. The van der Waals surface area contributed by atoms with Gasteiger partial charge >= 0.3 is 6.18 Å². The van der Waals surface area contributed by atoms with Crippen molar-refractivity contribution in [1.29, 1.82) is 0 Å². The smallest absolute Gasteiger partial charge is 0.367 e. The summed E-state index contributed by atoms with van der Waals surface area (Å²) in [4.78, 5) is 17.9. The molecule has 0 aliphatic rings. The number of likely N-dealkylation sites (N-methyl/N-ethyl adjacent to an activating group) is 1. The SMILES string of the molecule is CN(C)C(=O)CNC(=NCc1cccc(COCC(F)(F)F)c1)NCc1ccccc1.I. The fourth-order valence-electron chi connectivity index (χ4n) is 2.55. The molecule has 0 saturated heterocycles. The van der Waals surface area contributed by atoms with E-state index in [1.54, 1.807) is 32.3 Å². The summed E-state index contributed by atoms with van der Waals surface area (Å²) in [5.74, 6) is 0.357. The molecule has 0 aromatic heterocycles. The Bertz CT molecular complexity index is 862. The summed E-state index contributed by atoms with van der Waals surface area (Å²) in [6.07, 6.45) is -4.35. The van der Waals surface area contributed by atoms with Gasteiger partial charge in [0.2, 0.25) is 5.91 Å². The van der Waals surface area contributed by atoms with Crippen molar-refractivity contribution >= 4 is 35.8 Å². The van der Waals surface area contributed by atoms with Crippen LogP contribution >= 0.6 is 24.0 Å². The molecule has 0 unspecified atom stereocenters. The standard InChI is InChI=1S/C22H27F3N4O2.HI/c1-29(2)20(30)14-28-21(26-12-17-7-4-3-5-8-17)27-13-18-9-6-10-19(11-18)15-31-16-22(23,24)25;/h3-11H,12-16H2,1-2H3,(H2,26,27,28);1H. The van der Waals surface area contributed by atoms with Crippen LogP contribution in [0.15, 0.2) is 59.6 Å². The zero-order valence-electron chi connectivity index (χ0n) is 18.0. The Morgan fingerprint density at radius 2 is 1.66 bits per heavy atom. The minimum atomic E-state index is -4.35. The van der Waals surface area contributed by atoms with E-state index >= 15 is 0 Å². The lowest BCUT2D eigenvalue weighted by Gasteiger charge is -2.15. The van der Waals surface area contributed by atoms with Crippen molar-refractivity contribution in [2.75, 3.05) is 27.2 Å². The molecule has 10 heteroatoms. The van der Waals surface area contributed by atoms with E-state index in [4.69, 9.17) is 4.74 Å². The normalized spacial score (nSPS) is 11.5. The number of ether oxygens (including phenoxy) is 1. The summed E-state index contributed by atoms with van der Waals surface area (Å²) in [7, 11) is 3.34. The van der Waals surface area contributed by atoms with Crippen LogP contribution in [0.25, 0.3) is 0 Å². The van der Waals surface area contributed by atoms with Gasteiger partial charge in [0, 0.05) is 20.6 Å². The van der Waals surface area contributed by atoms with E-state index in [-0.39, 0.29) is 49.6 Å². The lowest BCUT2D eigenvalue weighted by atomic mass is 10.1. The summed E-state index contributed by atoms with van der Waals surface area (Å²) < 4.78 is 41.4. The van der Waals surface area contributed by atoms with Gasteiger partial charge in [0.15, 0.2) is 5.96 Å². The first kappa shape index (κ1) is 27.7. The maximum absolute atomic E-state index is 12.2. The maximum atomic E-state index is 12.2. The van der Waals surface area contributed by atoms with Gasteiger partial charge in [0.05, 0.1) is 19.7 Å². The van der Waals surface area contributed by atoms with Crippen LogP contribution in [0.4, 0.5) is 13.2 Å². The number of halogens is 4. The summed E-state index contributed by atoms with van der Waals surface area (Å²) in [5, 5.41) is 6.19. The van der Waals surface area contributed by atoms with Gasteiger partial charge < -0.3 is 20.3 Å². The first-order valence-corrected chi connectivity index (χ1v) is 9.71. The van der Waals surface area contributed by atoms with Crippen LogP contribution in [-0.4, -0.2) is 50.2 Å². The van der Waals surface area contributed by atoms with E-state index in [2.05, 4.69) is 15.6 Å². The van der Waals surface area contributed by atoms with Crippen molar-refractivity contribution in [2.24, 2.45) is 4.99 Å². The van der Waals surface area contributed by atoms with Crippen LogP contribution in [0.5, 0.6) is 0 Å². The van der Waals surface area contributed by atoms with E-state index in [9.17, 15) is 18.0 Å². The number of hydrogen-bond donors (Lipinski definition) is 2. The topological polar surface area (TPSA) is 66.0 Å². The Kier molecular flexibility index (Phi) is 12.1. The quantitative estimate of drug-likeness (QED) is 0.277. The van der Waals surface area contributed by atoms with Crippen molar-refractivity contribution in [2.45, 2.75) is 25.9 Å². The van der Waals surface area contributed by atoms with Crippen molar-refractivity contribution in [3.63, 3.8) is 0 Å². The Morgan fingerprint density at radius 1 is 1.00 bits per heavy atom. The molecular formula is C22H28F3IN4O2. The first-order valence-electron chi connectivity index (χ1n) is 9.71. The predicted molar refractivity (Wildman–Crippen MR) is 129 cm³/mol. The molecule has 2 rings (SSSR count). The van der Waals surface area contributed by atoms with E-state index < -0.39 is 12.8 Å². The highest BCUT2D eigenvalue weighted by molar-refractivity contribution is 14.0. The van der Waals surface area contributed by atoms with Crippen LogP contribution in [0.1, 0.15) is 16.7 Å². The minimum absolute atomic E-state index is 0. The highest BCUT2D eigenvalue weighted by atomic mass is 127. The number of alkyl halides is 3. The number of carbonyl (C=O) groups excluding carboxylic acids is 1. The molecule has 0 radical (unpaired) electrons. The highest BCUT2D eigenvalue weighted by Gasteiger charge is 2.27. The van der Waals surface area contributed by atoms with Crippen LogP contribution < -0.4 is 10.6 Å². The molecule has 2 N–H and O–H groups in total. The molecule has 2 aromatic rings. The van der Waals surface area contributed by atoms with Gasteiger partial charge in [-0.2, -0.15) is 13.2 Å². The molecule has 176 valence electrons. The van der Waals surface area contributed by atoms with Gasteiger partial charge in [-0.15, -0.1) is 24.0 Å². The van der Waals surface area contributed by atoms with E-state index in [1.807, 2.05) is 36.4 Å². The molecular weight excluding hydrogens is 536 g/mol. The van der Waals surface area contributed by atoms with Gasteiger partial charge in [-0.05, 0) is 16.7 Å². The molecule has 1 amide bonds. The molecule has 0 bridgehead atoms. The third-order valence-electron chi connectivity index (χ3n) is 4.15. The number of nitrogens with zero attached hydrogens (tertiary/aromatic N) is 2. The second-order valence-electron chi connectivity index (χ2n) is 7.07. The molecule has 0 atom stereocenters. The van der Waals surface area contributed by atoms with Gasteiger partial charge in [-0.1, -0.05) is 54.6 Å². The molecule has 0 fully saturated rings. The molecule has 0 aliphatic heterocycles. The summed E-state index contributed by atoms with van der Waals surface area (Å²) in [6.45, 7) is -0.529. The second-order valence-corrected chi connectivity index (χ2v) is 7.07. The molecule has 0 aliphatic carbocycles. The summed E-state index contributed by atoms with van der Waals surface area (Å²) >= 11 is 0. The Labute approximate surface area is 203 Å². The predicted octanol–water partition coefficient (Wildman–Crippen LogP) is 3.71. The molecule has 0 heterocycles. The molecule has 6 nitrogen and oxygen atoms in total. The first-order chi connectivity index (χ1) is 14.7. The van der Waals surface area contributed by atoms with E-state index in [0.717, 1.165) is 11.1 Å². The van der Waals surface area contributed by atoms with E-state index in [0.29, 0.717) is 18.1 Å². The van der Waals surface area contributed by atoms with Gasteiger partial charge in [0.25, 0.3) is 0 Å². The zero-order chi connectivity index (χ0) is 22.7. The van der Waals surface area contributed by atoms with E-state index in [1.165, 1.54) is 4.90 Å². The van der Waals surface area contributed by atoms with Crippen LogP contribution in [0, 0.1) is 0 Å². The van der Waals surface area contributed by atoms with Gasteiger partial charge in [-0.3, -0.25) is 4.79 Å². The molecule has 32 heavy (non-hydrogen) atoms. The Morgan fingerprint density at radius 3 is 2.31 bits per heavy atom. The van der Waals surface area contributed by atoms with Crippen molar-refractivity contribution in [3.8, 4) is 0 Å². The molecule has 2 aromatic carbocycles. The number of benzene rings is 2. The number of aliphatic imine (C=N–C) groups is 1. The lowest BCUT2D eigenvalue weighted by Crippen LogP contribution is -2.42. The average Bonchev–Trinajstić information content (AvgIpc) is 2.73. The summed E-state index contributed by atoms with van der Waals surface area (Å²) in [5.41, 5.74) is 2.50. The summed E-state index contributed by atoms with van der Waals surface area (Å²) in [6, 6.07) is 16.8. The van der Waals surface area contributed by atoms with Gasteiger partial charge in [0.1, 0.15) is 6.61 Å². The van der Waals surface area contributed by atoms with Crippen LogP contribution in [0.3, 0.4) is 0 Å². The monoisotopic (exact) mass is 564 g/mol. The van der Waals surface area contributed by atoms with Crippen molar-refractivity contribution in [3.05, 3.63) is 71.3 Å². The average molecular weight is 564 g/mol. The fraction of sp³-hybridized carbons (Fsp3) is 0.364. The largest absolute Gasteiger partial charge is 0.411 e. The highest BCUT2D eigenvalue weighted by Crippen LogP contribution is 2.16. The van der Waals surface area contributed by atoms with Gasteiger partial charge in [-0.25, -0.2) is 4.99 Å². The van der Waals surface area contributed by atoms with Crippen LogP contribution in [0.2, 0.25) is 0 Å². The van der Waals surface area contributed by atoms with Crippen molar-refractivity contribution in [1.82, 2.24) is 15.5 Å². The van der Waals surface area contributed by atoms with Crippen LogP contribution in [-0.2, 0) is 29.2 Å². The minimum Gasteiger partial charge on any atom is -0.367 e. The number of amides is 1. The lowest BCUT2D eigenvalue weighted by molar-refractivity contribution is -0.176. The number of rotatable bonds is 9. The number of guanidine groups is 1. The molecule has 0 spiro atoms. The second kappa shape index (κ2) is 13.9. The maximum Gasteiger partial charge on any atom is 0.411 e.